The number of H-pyrrole nitrogens is 1. The van der Waals surface area contributed by atoms with Crippen molar-refractivity contribution in [3.8, 4) is 22.8 Å². The Kier molecular flexibility index (Phi) is 6.65. The molecule has 1 aromatic heterocycles. The van der Waals surface area contributed by atoms with E-state index in [2.05, 4.69) is 20.8 Å². The molecule has 3 N–H and O–H groups in total. The normalized spacial score (nSPS) is 10.3. The molecule has 1 heterocycles. The van der Waals surface area contributed by atoms with Crippen molar-refractivity contribution >= 4 is 23.2 Å². The van der Waals surface area contributed by atoms with E-state index in [0.717, 1.165) is 5.56 Å². The Balaban J connectivity index is 1.39. The molecule has 0 aliphatic heterocycles. The summed E-state index contributed by atoms with van der Waals surface area (Å²) >= 11 is 0. The summed E-state index contributed by atoms with van der Waals surface area (Å²) in [5.74, 6) is 0.366. The molecule has 4 aromatic rings. The van der Waals surface area contributed by atoms with Crippen LogP contribution in [-0.2, 0) is 4.79 Å². The number of benzene rings is 3. The van der Waals surface area contributed by atoms with Crippen LogP contribution in [0.3, 0.4) is 0 Å². The van der Waals surface area contributed by atoms with Gasteiger partial charge in [0.15, 0.2) is 18.1 Å². The highest BCUT2D eigenvalue weighted by Crippen LogP contribution is 2.26. The molecule has 8 nitrogen and oxygen atoms in total. The molecule has 0 atom stereocenters. The van der Waals surface area contributed by atoms with Crippen molar-refractivity contribution in [3.05, 3.63) is 90.6 Å². The first-order valence-electron chi connectivity index (χ1n) is 10.2. The lowest BCUT2D eigenvalue weighted by atomic mass is 10.1. The number of ether oxygens (including phenoxy) is 2. The average molecular weight is 442 g/mol. The Morgan fingerprint density at radius 2 is 1.58 bits per heavy atom. The molecule has 166 valence electrons. The van der Waals surface area contributed by atoms with Crippen LogP contribution in [0.4, 0.5) is 11.4 Å². The highest BCUT2D eigenvalue weighted by Gasteiger charge is 2.16. The average Bonchev–Trinajstić information content (AvgIpc) is 3.34. The predicted octanol–water partition coefficient (Wildman–Crippen LogP) is 4.36. The highest BCUT2D eigenvalue weighted by atomic mass is 16.5. The minimum atomic E-state index is -0.342. The Morgan fingerprint density at radius 3 is 2.33 bits per heavy atom. The molecule has 0 fully saturated rings. The van der Waals surface area contributed by atoms with Gasteiger partial charge in [-0.1, -0.05) is 48.5 Å². The van der Waals surface area contributed by atoms with E-state index in [1.54, 1.807) is 42.5 Å². The van der Waals surface area contributed by atoms with Crippen LogP contribution in [0.25, 0.3) is 11.3 Å². The number of aromatic amines is 1. The van der Waals surface area contributed by atoms with Gasteiger partial charge in [0.25, 0.3) is 11.8 Å². The summed E-state index contributed by atoms with van der Waals surface area (Å²) in [6.07, 6.45) is 1.48. The molecule has 0 saturated heterocycles. The third-order valence-corrected chi connectivity index (χ3v) is 4.78. The summed E-state index contributed by atoms with van der Waals surface area (Å²) in [5, 5.41) is 12.5. The van der Waals surface area contributed by atoms with Gasteiger partial charge >= 0.3 is 0 Å². The Labute approximate surface area is 190 Å². The van der Waals surface area contributed by atoms with Gasteiger partial charge in [0, 0.05) is 16.9 Å². The third-order valence-electron chi connectivity index (χ3n) is 4.78. The number of hydrogen-bond acceptors (Lipinski definition) is 5. The fourth-order valence-corrected chi connectivity index (χ4v) is 3.23. The molecule has 4 rings (SSSR count). The van der Waals surface area contributed by atoms with Crippen LogP contribution >= 0.6 is 0 Å². The molecular weight excluding hydrogens is 420 g/mol. The van der Waals surface area contributed by atoms with Gasteiger partial charge in [0.2, 0.25) is 0 Å². The van der Waals surface area contributed by atoms with Crippen LogP contribution < -0.4 is 20.1 Å². The van der Waals surface area contributed by atoms with Crippen LogP contribution in [0.2, 0.25) is 0 Å². The molecule has 0 bridgehead atoms. The number of para-hydroxylation sites is 2. The molecule has 0 saturated carbocycles. The lowest BCUT2D eigenvalue weighted by Gasteiger charge is -2.11. The van der Waals surface area contributed by atoms with Gasteiger partial charge in [0.05, 0.1) is 24.6 Å². The fourth-order valence-electron chi connectivity index (χ4n) is 3.23. The minimum Gasteiger partial charge on any atom is -0.493 e. The van der Waals surface area contributed by atoms with E-state index in [-0.39, 0.29) is 18.4 Å². The van der Waals surface area contributed by atoms with E-state index in [1.807, 2.05) is 36.4 Å². The monoisotopic (exact) mass is 442 g/mol. The number of amides is 2. The molecular formula is C25H22N4O4. The maximum Gasteiger partial charge on any atom is 0.262 e. The van der Waals surface area contributed by atoms with Crippen molar-refractivity contribution in [2.24, 2.45) is 0 Å². The van der Waals surface area contributed by atoms with Gasteiger partial charge < -0.3 is 20.1 Å². The molecule has 0 aliphatic carbocycles. The second-order valence-electron chi connectivity index (χ2n) is 7.05. The first kappa shape index (κ1) is 21.6. The zero-order chi connectivity index (χ0) is 23.0. The quantitative estimate of drug-likeness (QED) is 0.376. The number of rotatable bonds is 8. The lowest BCUT2D eigenvalue weighted by molar-refractivity contribution is -0.118. The topological polar surface area (TPSA) is 105 Å². The van der Waals surface area contributed by atoms with Crippen molar-refractivity contribution < 1.29 is 19.1 Å². The molecule has 0 aliphatic rings. The number of hydrogen-bond donors (Lipinski definition) is 3. The summed E-state index contributed by atoms with van der Waals surface area (Å²) in [6.45, 7) is -0.188. The van der Waals surface area contributed by atoms with Crippen molar-refractivity contribution in [1.29, 1.82) is 0 Å². The molecule has 2 amide bonds. The van der Waals surface area contributed by atoms with Crippen molar-refractivity contribution in [2.75, 3.05) is 24.4 Å². The van der Waals surface area contributed by atoms with Crippen LogP contribution in [0.15, 0.2) is 85.1 Å². The minimum absolute atomic E-state index is 0.188. The standard InChI is InChI=1S/C25H22N4O4/c1-32-21-12-5-6-13-22(21)33-16-23(30)27-18-10-7-11-19(14-18)28-25(31)20-15-26-29-24(20)17-8-3-2-4-9-17/h2-15H,16H2,1H3,(H,26,29)(H,27,30)(H,28,31). The summed E-state index contributed by atoms with van der Waals surface area (Å²) in [6, 6.07) is 23.4. The van der Waals surface area contributed by atoms with E-state index in [9.17, 15) is 9.59 Å². The number of carbonyl (C=O) groups is 2. The number of nitrogens with one attached hydrogen (secondary N) is 3. The predicted molar refractivity (Wildman–Crippen MR) is 126 cm³/mol. The van der Waals surface area contributed by atoms with Crippen LogP contribution in [0.1, 0.15) is 10.4 Å². The van der Waals surface area contributed by atoms with Gasteiger partial charge in [-0.3, -0.25) is 14.7 Å². The largest absolute Gasteiger partial charge is 0.493 e. The Bertz CT molecular complexity index is 1250. The Hall–Kier alpha value is -4.59. The first-order valence-corrected chi connectivity index (χ1v) is 10.2. The highest BCUT2D eigenvalue weighted by molar-refractivity contribution is 6.08. The van der Waals surface area contributed by atoms with E-state index < -0.39 is 0 Å². The summed E-state index contributed by atoms with van der Waals surface area (Å²) in [4.78, 5) is 25.2. The molecule has 0 spiro atoms. The number of anilines is 2. The van der Waals surface area contributed by atoms with Gasteiger partial charge in [-0.05, 0) is 30.3 Å². The van der Waals surface area contributed by atoms with Gasteiger partial charge in [-0.25, -0.2) is 0 Å². The van der Waals surface area contributed by atoms with Gasteiger partial charge in [-0.15, -0.1) is 0 Å². The lowest BCUT2D eigenvalue weighted by Crippen LogP contribution is -2.20. The summed E-state index contributed by atoms with van der Waals surface area (Å²) in [7, 11) is 1.54. The molecule has 0 unspecified atom stereocenters. The number of methoxy groups -OCH3 is 1. The third kappa shape index (κ3) is 5.37. The second kappa shape index (κ2) is 10.1. The van der Waals surface area contributed by atoms with Crippen LogP contribution in [0, 0.1) is 0 Å². The molecule has 8 heteroatoms. The van der Waals surface area contributed by atoms with Crippen molar-refractivity contribution in [3.63, 3.8) is 0 Å². The number of carbonyl (C=O) groups excluding carboxylic acids is 2. The fraction of sp³-hybridized carbons (Fsp3) is 0.0800. The van der Waals surface area contributed by atoms with Crippen LogP contribution in [0.5, 0.6) is 11.5 Å². The van der Waals surface area contributed by atoms with Crippen molar-refractivity contribution in [1.82, 2.24) is 10.2 Å². The van der Waals surface area contributed by atoms with Crippen LogP contribution in [-0.4, -0.2) is 35.7 Å². The maximum absolute atomic E-state index is 12.8. The van der Waals surface area contributed by atoms with Gasteiger partial charge in [-0.2, -0.15) is 5.10 Å². The number of nitrogens with zero attached hydrogens (tertiary/aromatic N) is 1. The van der Waals surface area contributed by atoms with Crippen molar-refractivity contribution in [2.45, 2.75) is 0 Å². The summed E-state index contributed by atoms with van der Waals surface area (Å²) in [5.41, 5.74) is 2.96. The summed E-state index contributed by atoms with van der Waals surface area (Å²) < 4.78 is 10.8. The van der Waals surface area contributed by atoms with E-state index in [0.29, 0.717) is 34.1 Å². The second-order valence-corrected chi connectivity index (χ2v) is 7.05. The number of aromatic nitrogens is 2. The molecule has 0 radical (unpaired) electrons. The zero-order valence-corrected chi connectivity index (χ0v) is 17.9. The first-order chi connectivity index (χ1) is 16.1. The SMILES string of the molecule is COc1ccccc1OCC(=O)Nc1cccc(NC(=O)c2cn[nH]c2-c2ccccc2)c1. The molecule has 3 aromatic carbocycles. The maximum atomic E-state index is 12.8. The molecule has 33 heavy (non-hydrogen) atoms. The van der Waals surface area contributed by atoms with Gasteiger partial charge in [0.1, 0.15) is 0 Å². The smallest absolute Gasteiger partial charge is 0.262 e. The zero-order valence-electron chi connectivity index (χ0n) is 17.9. The Morgan fingerprint density at radius 1 is 0.879 bits per heavy atom. The van der Waals surface area contributed by atoms with E-state index in [1.165, 1.54) is 13.3 Å². The van der Waals surface area contributed by atoms with E-state index in [4.69, 9.17) is 9.47 Å². The van der Waals surface area contributed by atoms with E-state index >= 15 is 0 Å².